The minimum absolute atomic E-state index is 0.204. The first-order valence-corrected chi connectivity index (χ1v) is 8.81. The second-order valence-corrected chi connectivity index (χ2v) is 6.79. The van der Waals surface area contributed by atoms with Crippen molar-refractivity contribution in [3.63, 3.8) is 0 Å². The van der Waals surface area contributed by atoms with Crippen LogP contribution in [0.4, 0.5) is 14.5 Å². The Kier molecular flexibility index (Phi) is 4.47. The molecule has 28 heavy (non-hydrogen) atoms. The van der Waals surface area contributed by atoms with E-state index < -0.39 is 11.6 Å². The molecule has 0 atom stereocenters. The number of rotatable bonds is 4. The van der Waals surface area contributed by atoms with E-state index in [4.69, 9.17) is 4.42 Å². The summed E-state index contributed by atoms with van der Waals surface area (Å²) in [6.07, 6.45) is 1.53. The molecule has 0 saturated carbocycles. The molecular formula is C22H18F2N2O2. The summed E-state index contributed by atoms with van der Waals surface area (Å²) >= 11 is 0. The zero-order chi connectivity index (χ0) is 19.8. The van der Waals surface area contributed by atoms with Gasteiger partial charge < -0.3 is 14.3 Å². The molecule has 0 aliphatic rings. The van der Waals surface area contributed by atoms with Crippen LogP contribution in [0.1, 0.15) is 27.2 Å². The summed E-state index contributed by atoms with van der Waals surface area (Å²) in [5.41, 5.74) is 5.06. The van der Waals surface area contributed by atoms with Crippen LogP contribution in [0.2, 0.25) is 0 Å². The minimum atomic E-state index is -0.922. The maximum atomic E-state index is 13.6. The van der Waals surface area contributed by atoms with Gasteiger partial charge in [0.05, 0.1) is 11.8 Å². The van der Waals surface area contributed by atoms with Gasteiger partial charge in [0, 0.05) is 24.4 Å². The van der Waals surface area contributed by atoms with Crippen LogP contribution in [0.25, 0.3) is 11.1 Å². The van der Waals surface area contributed by atoms with Crippen molar-refractivity contribution in [1.82, 2.24) is 4.57 Å². The van der Waals surface area contributed by atoms with Crippen molar-refractivity contribution < 1.29 is 18.0 Å². The molecule has 0 aliphatic carbocycles. The number of hydrogen-bond donors (Lipinski definition) is 1. The number of aromatic nitrogens is 1. The number of aryl methyl sites for hydroxylation is 2. The lowest BCUT2D eigenvalue weighted by molar-refractivity contribution is 0.101. The third kappa shape index (κ3) is 3.29. The van der Waals surface area contributed by atoms with Crippen LogP contribution in [0, 0.1) is 25.5 Å². The van der Waals surface area contributed by atoms with E-state index in [1.165, 1.54) is 12.3 Å². The van der Waals surface area contributed by atoms with Crippen LogP contribution in [0.15, 0.2) is 59.2 Å². The van der Waals surface area contributed by atoms with Crippen molar-refractivity contribution in [2.45, 2.75) is 20.4 Å². The molecule has 2 aromatic carbocycles. The van der Waals surface area contributed by atoms with E-state index in [2.05, 4.69) is 5.32 Å². The molecule has 4 rings (SSSR count). The Morgan fingerprint density at radius 3 is 2.57 bits per heavy atom. The van der Waals surface area contributed by atoms with Gasteiger partial charge in [-0.15, -0.1) is 0 Å². The number of carbonyl (C=O) groups excluding carboxylic acids is 1. The van der Waals surface area contributed by atoms with E-state index in [9.17, 15) is 13.6 Å². The lowest BCUT2D eigenvalue weighted by atomic mass is 10.1. The Labute approximate surface area is 160 Å². The number of fused-ring (bicyclic) bond motifs is 1. The zero-order valence-electron chi connectivity index (χ0n) is 15.4. The summed E-state index contributed by atoms with van der Waals surface area (Å²) in [6.45, 7) is 4.18. The Bertz CT molecular complexity index is 1190. The maximum absolute atomic E-state index is 13.6. The van der Waals surface area contributed by atoms with Gasteiger partial charge in [-0.3, -0.25) is 4.79 Å². The number of halogens is 2. The molecule has 0 aliphatic heterocycles. The first-order valence-electron chi connectivity index (χ1n) is 8.81. The van der Waals surface area contributed by atoms with Crippen molar-refractivity contribution in [3.8, 4) is 0 Å². The van der Waals surface area contributed by atoms with Crippen LogP contribution >= 0.6 is 0 Å². The summed E-state index contributed by atoms with van der Waals surface area (Å²) in [6, 6.07) is 12.8. The molecule has 0 radical (unpaired) electrons. The van der Waals surface area contributed by atoms with Gasteiger partial charge in [0.15, 0.2) is 17.2 Å². The molecule has 0 unspecified atom stereocenters. The fourth-order valence-corrected chi connectivity index (χ4v) is 3.17. The standard InChI is InChI=1S/C22H18F2N2O2/c1-13-3-5-16(9-14(13)2)25-22(27)20-11-21-19(7-8-28-21)26(20)12-15-4-6-17(23)18(24)10-15/h3-11H,12H2,1-2H3,(H,25,27). The first kappa shape index (κ1) is 18.0. The van der Waals surface area contributed by atoms with Gasteiger partial charge in [-0.2, -0.15) is 0 Å². The van der Waals surface area contributed by atoms with E-state index in [-0.39, 0.29) is 12.5 Å². The fraction of sp³-hybridized carbons (Fsp3) is 0.136. The zero-order valence-corrected chi connectivity index (χ0v) is 15.4. The van der Waals surface area contributed by atoms with E-state index >= 15 is 0 Å². The Morgan fingerprint density at radius 1 is 1.00 bits per heavy atom. The molecule has 0 fully saturated rings. The summed E-state index contributed by atoms with van der Waals surface area (Å²) in [4.78, 5) is 12.9. The molecule has 0 spiro atoms. The van der Waals surface area contributed by atoms with Crippen LogP contribution in [0.5, 0.6) is 0 Å². The van der Waals surface area contributed by atoms with E-state index in [1.54, 1.807) is 16.7 Å². The molecule has 4 nitrogen and oxygen atoms in total. The number of nitrogens with zero attached hydrogens (tertiary/aromatic N) is 1. The molecule has 142 valence electrons. The van der Waals surface area contributed by atoms with Crippen LogP contribution in [-0.4, -0.2) is 10.5 Å². The normalized spacial score (nSPS) is 11.1. The van der Waals surface area contributed by atoms with Gasteiger partial charge in [0.2, 0.25) is 0 Å². The molecule has 0 bridgehead atoms. The highest BCUT2D eigenvalue weighted by Crippen LogP contribution is 2.24. The van der Waals surface area contributed by atoms with Crippen molar-refractivity contribution >= 4 is 22.7 Å². The maximum Gasteiger partial charge on any atom is 0.272 e. The molecule has 2 heterocycles. The summed E-state index contributed by atoms with van der Waals surface area (Å²) in [5, 5.41) is 2.89. The van der Waals surface area contributed by atoms with Gasteiger partial charge in [-0.1, -0.05) is 12.1 Å². The molecule has 6 heteroatoms. The van der Waals surface area contributed by atoms with Gasteiger partial charge in [-0.05, 0) is 54.8 Å². The minimum Gasteiger partial charge on any atom is -0.463 e. The average molecular weight is 380 g/mol. The summed E-state index contributed by atoms with van der Waals surface area (Å²) < 4.78 is 34.0. The number of nitrogens with one attached hydrogen (secondary N) is 1. The Balaban J connectivity index is 1.69. The first-order chi connectivity index (χ1) is 13.4. The average Bonchev–Trinajstić information content (AvgIpc) is 3.24. The number of carbonyl (C=O) groups is 1. The molecule has 4 aromatic rings. The van der Waals surface area contributed by atoms with Gasteiger partial charge in [0.1, 0.15) is 5.69 Å². The second-order valence-electron chi connectivity index (χ2n) is 6.79. The lowest BCUT2D eigenvalue weighted by Crippen LogP contribution is -2.17. The monoisotopic (exact) mass is 380 g/mol. The van der Waals surface area contributed by atoms with E-state index in [0.717, 1.165) is 23.3 Å². The third-order valence-electron chi connectivity index (χ3n) is 4.84. The molecule has 2 aromatic heterocycles. The largest absolute Gasteiger partial charge is 0.463 e. The van der Waals surface area contributed by atoms with Gasteiger partial charge in [-0.25, -0.2) is 8.78 Å². The topological polar surface area (TPSA) is 47.2 Å². The number of benzene rings is 2. The van der Waals surface area contributed by atoms with Crippen LogP contribution in [0.3, 0.4) is 0 Å². The second kappa shape index (κ2) is 6.96. The lowest BCUT2D eigenvalue weighted by Gasteiger charge is -2.12. The number of furan rings is 1. The number of amides is 1. The molecule has 1 N–H and O–H groups in total. The highest BCUT2D eigenvalue weighted by molar-refractivity contribution is 6.05. The third-order valence-corrected chi connectivity index (χ3v) is 4.84. The summed E-state index contributed by atoms with van der Waals surface area (Å²) in [5.74, 6) is -2.14. The fourth-order valence-electron chi connectivity index (χ4n) is 3.17. The van der Waals surface area contributed by atoms with Crippen molar-refractivity contribution in [1.29, 1.82) is 0 Å². The quantitative estimate of drug-likeness (QED) is 0.513. The predicted molar refractivity (Wildman–Crippen MR) is 104 cm³/mol. The molecular weight excluding hydrogens is 362 g/mol. The van der Waals surface area contributed by atoms with Crippen molar-refractivity contribution in [2.75, 3.05) is 5.32 Å². The van der Waals surface area contributed by atoms with E-state index in [1.807, 2.05) is 32.0 Å². The van der Waals surface area contributed by atoms with Crippen LogP contribution < -0.4 is 5.32 Å². The summed E-state index contributed by atoms with van der Waals surface area (Å²) in [7, 11) is 0. The molecule has 1 amide bonds. The van der Waals surface area contributed by atoms with Crippen molar-refractivity contribution in [2.24, 2.45) is 0 Å². The van der Waals surface area contributed by atoms with Crippen molar-refractivity contribution in [3.05, 3.63) is 88.8 Å². The van der Waals surface area contributed by atoms with Crippen LogP contribution in [-0.2, 0) is 6.54 Å². The number of anilines is 1. The predicted octanol–water partition coefficient (Wildman–Crippen LogP) is 5.43. The Morgan fingerprint density at radius 2 is 1.82 bits per heavy atom. The van der Waals surface area contributed by atoms with Gasteiger partial charge in [0.25, 0.3) is 5.91 Å². The SMILES string of the molecule is Cc1ccc(NC(=O)c2cc3occc3n2Cc2ccc(F)c(F)c2)cc1C. The van der Waals surface area contributed by atoms with Gasteiger partial charge >= 0.3 is 0 Å². The van der Waals surface area contributed by atoms with E-state index in [0.29, 0.717) is 28.0 Å². The molecule has 0 saturated heterocycles. The highest BCUT2D eigenvalue weighted by atomic mass is 19.2. The smallest absolute Gasteiger partial charge is 0.272 e. The highest BCUT2D eigenvalue weighted by Gasteiger charge is 2.18. The number of hydrogen-bond acceptors (Lipinski definition) is 2. The Hall–Kier alpha value is -3.41.